The van der Waals surface area contributed by atoms with Crippen LogP contribution in [0.4, 0.5) is 0 Å². The van der Waals surface area contributed by atoms with E-state index in [0.717, 1.165) is 10.6 Å². The molecule has 90 valence electrons. The summed E-state index contributed by atoms with van der Waals surface area (Å²) in [5, 5.41) is 0. The lowest BCUT2D eigenvalue weighted by atomic mass is 9.92. The first-order chi connectivity index (χ1) is 7.29. The number of rotatable bonds is 3. The molecule has 1 aromatic heterocycles. The zero-order valence-electron chi connectivity index (χ0n) is 9.96. The van der Waals surface area contributed by atoms with Gasteiger partial charge in [-0.3, -0.25) is 15.0 Å². The molecule has 0 aliphatic heterocycles. The summed E-state index contributed by atoms with van der Waals surface area (Å²) in [4.78, 5) is 24.1. The molecule has 16 heavy (non-hydrogen) atoms. The van der Waals surface area contributed by atoms with E-state index in [2.05, 4.69) is 5.43 Å². The quantitative estimate of drug-likeness (QED) is 0.462. The minimum Gasteiger partial charge on any atom is -0.302 e. The molecule has 0 fully saturated rings. The van der Waals surface area contributed by atoms with Crippen LogP contribution in [0.1, 0.15) is 24.4 Å². The Kier molecular flexibility index (Phi) is 3.54. The maximum absolute atomic E-state index is 11.7. The van der Waals surface area contributed by atoms with Crippen molar-refractivity contribution in [3.63, 3.8) is 0 Å². The van der Waals surface area contributed by atoms with Gasteiger partial charge in [0.1, 0.15) is 0 Å². The van der Waals surface area contributed by atoms with Crippen LogP contribution in [0, 0.1) is 19.3 Å². The number of hydrazine groups is 1. The maximum atomic E-state index is 11.7. The van der Waals surface area contributed by atoms with E-state index in [1.54, 1.807) is 18.4 Å². The van der Waals surface area contributed by atoms with Gasteiger partial charge in [0.2, 0.25) is 5.91 Å². The van der Waals surface area contributed by atoms with Gasteiger partial charge in [-0.15, -0.1) is 0 Å². The van der Waals surface area contributed by atoms with Gasteiger partial charge in [0.25, 0.3) is 0 Å². The zero-order valence-corrected chi connectivity index (χ0v) is 10.8. The molecule has 0 aromatic carbocycles. The van der Waals surface area contributed by atoms with Crippen LogP contribution in [0.2, 0.25) is 0 Å². The van der Waals surface area contributed by atoms with Crippen LogP contribution in [0.15, 0.2) is 4.79 Å². The van der Waals surface area contributed by atoms with Crippen molar-refractivity contribution >= 4 is 17.2 Å². The molecule has 0 spiro atoms. The number of aromatic nitrogens is 1. The summed E-state index contributed by atoms with van der Waals surface area (Å²) in [7, 11) is 0. The number of hydrogen-bond acceptors (Lipinski definition) is 4. The van der Waals surface area contributed by atoms with E-state index >= 15 is 0 Å². The van der Waals surface area contributed by atoms with E-state index in [1.165, 1.54) is 11.3 Å². The van der Waals surface area contributed by atoms with E-state index in [1.807, 2.05) is 13.8 Å². The summed E-state index contributed by atoms with van der Waals surface area (Å²) in [6.45, 7) is 7.63. The predicted molar refractivity (Wildman–Crippen MR) is 64.2 cm³/mol. The Morgan fingerprint density at radius 2 is 2.06 bits per heavy atom. The highest BCUT2D eigenvalue weighted by Gasteiger charge is 2.29. The Labute approximate surface area is 98.2 Å². The molecule has 1 amide bonds. The Bertz CT molecular complexity index is 459. The number of amides is 1. The van der Waals surface area contributed by atoms with Crippen molar-refractivity contribution in [1.29, 1.82) is 0 Å². The molecule has 0 bridgehead atoms. The Morgan fingerprint density at radius 1 is 1.50 bits per heavy atom. The molecule has 0 unspecified atom stereocenters. The second-order valence-electron chi connectivity index (χ2n) is 4.45. The molecule has 6 heteroatoms. The molecule has 0 saturated heterocycles. The second-order valence-corrected chi connectivity index (χ2v) is 5.62. The number of nitrogens with two attached hydrogens (primary N) is 1. The van der Waals surface area contributed by atoms with Gasteiger partial charge in [-0.1, -0.05) is 11.3 Å². The molecule has 1 heterocycles. The third-order valence-corrected chi connectivity index (χ3v) is 3.67. The standard InChI is InChI=1S/C10H17N3O2S/c1-6-7(2)16-9(15)13(6)5-10(3,4)8(14)12-11/h5,11H2,1-4H3,(H,12,14). The average molecular weight is 243 g/mol. The number of nitrogens with one attached hydrogen (secondary N) is 1. The number of carbonyl (C=O) groups is 1. The fourth-order valence-electron chi connectivity index (χ4n) is 1.43. The van der Waals surface area contributed by atoms with Gasteiger partial charge in [0.05, 0.1) is 5.41 Å². The van der Waals surface area contributed by atoms with Crippen molar-refractivity contribution in [3.8, 4) is 0 Å². The van der Waals surface area contributed by atoms with Crippen molar-refractivity contribution in [2.24, 2.45) is 11.3 Å². The maximum Gasteiger partial charge on any atom is 0.307 e. The highest BCUT2D eigenvalue weighted by atomic mass is 32.1. The molecule has 1 aromatic rings. The first-order valence-corrected chi connectivity index (χ1v) is 5.79. The van der Waals surface area contributed by atoms with Crippen LogP contribution in [-0.2, 0) is 11.3 Å². The molecule has 5 nitrogen and oxygen atoms in total. The summed E-state index contributed by atoms with van der Waals surface area (Å²) in [6, 6.07) is 0. The van der Waals surface area contributed by atoms with Crippen LogP contribution in [0.3, 0.4) is 0 Å². The summed E-state index contributed by atoms with van der Waals surface area (Å²) in [6.07, 6.45) is 0. The Balaban J connectivity index is 3.05. The fraction of sp³-hybridized carbons (Fsp3) is 0.600. The van der Waals surface area contributed by atoms with Gasteiger partial charge >= 0.3 is 4.87 Å². The lowest BCUT2D eigenvalue weighted by molar-refractivity contribution is -0.130. The average Bonchev–Trinajstić information content (AvgIpc) is 2.43. The van der Waals surface area contributed by atoms with Gasteiger partial charge in [0, 0.05) is 17.1 Å². The minimum absolute atomic E-state index is 0.0344. The van der Waals surface area contributed by atoms with Crippen molar-refractivity contribution in [2.75, 3.05) is 0 Å². The first-order valence-electron chi connectivity index (χ1n) is 4.97. The van der Waals surface area contributed by atoms with Crippen LogP contribution in [-0.4, -0.2) is 10.5 Å². The van der Waals surface area contributed by atoms with Gasteiger partial charge < -0.3 is 4.57 Å². The molecule has 0 saturated carbocycles. The number of hydrogen-bond donors (Lipinski definition) is 2. The number of nitrogens with zero attached hydrogens (tertiary/aromatic N) is 1. The van der Waals surface area contributed by atoms with E-state index in [4.69, 9.17) is 5.84 Å². The van der Waals surface area contributed by atoms with Crippen LogP contribution < -0.4 is 16.1 Å². The lowest BCUT2D eigenvalue weighted by Gasteiger charge is -2.23. The smallest absolute Gasteiger partial charge is 0.302 e. The van der Waals surface area contributed by atoms with Gasteiger partial charge in [0.15, 0.2) is 0 Å². The predicted octanol–water partition coefficient (Wildman–Crippen LogP) is 0.543. The summed E-state index contributed by atoms with van der Waals surface area (Å²) < 4.78 is 1.62. The minimum atomic E-state index is -0.698. The van der Waals surface area contributed by atoms with Crippen LogP contribution in [0.25, 0.3) is 0 Å². The highest BCUT2D eigenvalue weighted by molar-refractivity contribution is 7.09. The SMILES string of the molecule is Cc1sc(=O)n(CC(C)(C)C(=O)NN)c1C. The molecule has 0 radical (unpaired) electrons. The molecule has 0 atom stereocenters. The van der Waals surface area contributed by atoms with E-state index < -0.39 is 5.41 Å². The third kappa shape index (κ3) is 2.33. The number of carbonyl (C=O) groups excluding carboxylic acids is 1. The van der Waals surface area contributed by atoms with Crippen molar-refractivity contribution in [2.45, 2.75) is 34.2 Å². The normalized spacial score (nSPS) is 11.6. The van der Waals surface area contributed by atoms with Gasteiger partial charge in [-0.25, -0.2) is 5.84 Å². The van der Waals surface area contributed by atoms with Crippen LogP contribution in [0.5, 0.6) is 0 Å². The second kappa shape index (κ2) is 4.39. The molecule has 0 aliphatic carbocycles. The molecular weight excluding hydrogens is 226 g/mol. The van der Waals surface area contributed by atoms with Crippen molar-refractivity contribution in [3.05, 3.63) is 20.2 Å². The van der Waals surface area contributed by atoms with Gasteiger partial charge in [-0.2, -0.15) is 0 Å². The van der Waals surface area contributed by atoms with Crippen molar-refractivity contribution in [1.82, 2.24) is 9.99 Å². The van der Waals surface area contributed by atoms with Gasteiger partial charge in [-0.05, 0) is 27.7 Å². The zero-order chi connectivity index (χ0) is 12.5. The third-order valence-electron chi connectivity index (χ3n) is 2.67. The Hall–Kier alpha value is -1.14. The Morgan fingerprint density at radius 3 is 2.44 bits per heavy atom. The molecular formula is C10H17N3O2S. The molecule has 0 aliphatic rings. The topological polar surface area (TPSA) is 77.1 Å². The summed E-state index contributed by atoms with van der Waals surface area (Å²) in [5.74, 6) is 4.83. The van der Waals surface area contributed by atoms with Crippen LogP contribution >= 0.6 is 11.3 Å². The lowest BCUT2D eigenvalue weighted by Crippen LogP contribution is -2.44. The largest absolute Gasteiger partial charge is 0.307 e. The fourth-order valence-corrected chi connectivity index (χ4v) is 2.26. The summed E-state index contributed by atoms with van der Waals surface area (Å²) in [5.41, 5.74) is 2.33. The van der Waals surface area contributed by atoms with Crippen molar-refractivity contribution < 1.29 is 4.79 Å². The molecule has 1 rings (SSSR count). The van der Waals surface area contributed by atoms with E-state index in [-0.39, 0.29) is 10.8 Å². The first kappa shape index (κ1) is 12.9. The summed E-state index contributed by atoms with van der Waals surface area (Å²) >= 11 is 1.20. The monoisotopic (exact) mass is 243 g/mol. The van der Waals surface area contributed by atoms with E-state index in [9.17, 15) is 9.59 Å². The van der Waals surface area contributed by atoms with E-state index in [0.29, 0.717) is 6.54 Å². The molecule has 3 N–H and O–H groups in total. The highest BCUT2D eigenvalue weighted by Crippen LogP contribution is 2.20. The number of aryl methyl sites for hydroxylation is 1. The number of thiazole rings is 1.